The number of ether oxygens (including phenoxy) is 3. The number of halogens is 1. The number of rotatable bonds is 8. The Morgan fingerprint density at radius 1 is 1.06 bits per heavy atom. The van der Waals surface area contributed by atoms with Crippen LogP contribution >= 0.6 is 22.9 Å². The van der Waals surface area contributed by atoms with Crippen LogP contribution in [0.25, 0.3) is 21.6 Å². The molecule has 0 atom stereocenters. The SMILES string of the molecule is CCOc1cc(-c2nc3sc4c(c3c(=O)[nH]2)CCCC4)cc(Cl)c1OCCOc1ccccc1. The van der Waals surface area contributed by atoms with Gasteiger partial charge in [-0.05, 0) is 62.4 Å². The molecule has 4 aromatic rings. The number of para-hydroxylation sites is 1. The molecule has 2 heterocycles. The highest BCUT2D eigenvalue weighted by molar-refractivity contribution is 7.18. The summed E-state index contributed by atoms with van der Waals surface area (Å²) in [6.45, 7) is 3.00. The van der Waals surface area contributed by atoms with Gasteiger partial charge in [0.05, 0.1) is 17.0 Å². The van der Waals surface area contributed by atoms with E-state index in [1.54, 1.807) is 23.5 Å². The number of hydrogen-bond donors (Lipinski definition) is 1. The van der Waals surface area contributed by atoms with Crippen molar-refractivity contribution >= 4 is 33.2 Å². The Labute approximate surface area is 206 Å². The predicted octanol–water partition coefficient (Wildman–Crippen LogP) is 6.04. The summed E-state index contributed by atoms with van der Waals surface area (Å²) >= 11 is 8.22. The normalized spacial score (nSPS) is 13.0. The van der Waals surface area contributed by atoms with E-state index in [-0.39, 0.29) is 5.56 Å². The van der Waals surface area contributed by atoms with Gasteiger partial charge in [-0.25, -0.2) is 4.98 Å². The van der Waals surface area contributed by atoms with Gasteiger partial charge in [0.2, 0.25) is 0 Å². The van der Waals surface area contributed by atoms with Crippen molar-refractivity contribution < 1.29 is 14.2 Å². The minimum Gasteiger partial charge on any atom is -0.490 e. The topological polar surface area (TPSA) is 73.4 Å². The molecule has 0 spiro atoms. The van der Waals surface area contributed by atoms with Crippen molar-refractivity contribution in [3.05, 3.63) is 68.3 Å². The second-order valence-corrected chi connectivity index (χ2v) is 9.52. The largest absolute Gasteiger partial charge is 0.490 e. The summed E-state index contributed by atoms with van der Waals surface area (Å²) in [6, 6.07) is 13.1. The van der Waals surface area contributed by atoms with Crippen LogP contribution in [0.1, 0.15) is 30.2 Å². The smallest absolute Gasteiger partial charge is 0.260 e. The van der Waals surface area contributed by atoms with Crippen LogP contribution in [0.4, 0.5) is 0 Å². The van der Waals surface area contributed by atoms with Gasteiger partial charge in [-0.2, -0.15) is 0 Å². The summed E-state index contributed by atoms with van der Waals surface area (Å²) in [5.41, 5.74) is 1.74. The minimum absolute atomic E-state index is 0.105. The predicted molar refractivity (Wildman–Crippen MR) is 136 cm³/mol. The molecule has 0 unspecified atom stereocenters. The molecule has 0 radical (unpaired) electrons. The van der Waals surface area contributed by atoms with Gasteiger partial charge in [0.1, 0.15) is 29.6 Å². The van der Waals surface area contributed by atoms with Gasteiger partial charge < -0.3 is 19.2 Å². The van der Waals surface area contributed by atoms with E-state index < -0.39 is 0 Å². The number of aryl methyl sites for hydroxylation is 2. The van der Waals surface area contributed by atoms with Gasteiger partial charge in [0.25, 0.3) is 5.56 Å². The zero-order valence-electron chi connectivity index (χ0n) is 18.9. The fourth-order valence-electron chi connectivity index (χ4n) is 4.23. The Kier molecular flexibility index (Phi) is 6.74. The quantitative estimate of drug-likeness (QED) is 0.301. The first-order chi connectivity index (χ1) is 16.6. The number of nitrogens with one attached hydrogen (secondary N) is 1. The molecule has 0 fully saturated rings. The van der Waals surface area contributed by atoms with Gasteiger partial charge >= 0.3 is 0 Å². The van der Waals surface area contributed by atoms with Gasteiger partial charge in [0, 0.05) is 10.4 Å². The maximum Gasteiger partial charge on any atom is 0.260 e. The van der Waals surface area contributed by atoms with Crippen LogP contribution in [-0.2, 0) is 12.8 Å². The van der Waals surface area contributed by atoms with E-state index >= 15 is 0 Å². The van der Waals surface area contributed by atoms with Gasteiger partial charge in [0.15, 0.2) is 11.5 Å². The molecule has 1 aliphatic rings. The van der Waals surface area contributed by atoms with Crippen molar-refractivity contribution in [2.24, 2.45) is 0 Å². The lowest BCUT2D eigenvalue weighted by Gasteiger charge is -2.15. The number of aromatic amines is 1. The molecular weight excluding hydrogens is 472 g/mol. The number of H-pyrrole nitrogens is 1. The van der Waals surface area contributed by atoms with Crippen LogP contribution < -0.4 is 19.8 Å². The summed E-state index contributed by atoms with van der Waals surface area (Å²) in [7, 11) is 0. The van der Waals surface area contributed by atoms with Crippen molar-refractivity contribution in [2.45, 2.75) is 32.6 Å². The fourth-order valence-corrected chi connectivity index (χ4v) is 5.76. The maximum atomic E-state index is 13.0. The Hall–Kier alpha value is -3.03. The van der Waals surface area contributed by atoms with E-state index in [2.05, 4.69) is 4.98 Å². The molecule has 0 aliphatic heterocycles. The molecule has 0 saturated carbocycles. The summed E-state index contributed by atoms with van der Waals surface area (Å²) in [5, 5.41) is 1.12. The van der Waals surface area contributed by atoms with E-state index in [1.165, 1.54) is 10.4 Å². The van der Waals surface area contributed by atoms with Crippen molar-refractivity contribution in [3.63, 3.8) is 0 Å². The van der Waals surface area contributed by atoms with Crippen LogP contribution in [-0.4, -0.2) is 29.8 Å². The maximum absolute atomic E-state index is 13.0. The lowest BCUT2D eigenvalue weighted by molar-refractivity contribution is 0.208. The monoisotopic (exact) mass is 496 g/mol. The van der Waals surface area contributed by atoms with Gasteiger partial charge in [-0.15, -0.1) is 11.3 Å². The molecule has 2 aromatic heterocycles. The molecule has 8 heteroatoms. The van der Waals surface area contributed by atoms with Gasteiger partial charge in [-0.1, -0.05) is 29.8 Å². The molecule has 176 valence electrons. The van der Waals surface area contributed by atoms with Crippen molar-refractivity contribution in [1.82, 2.24) is 9.97 Å². The first-order valence-electron chi connectivity index (χ1n) is 11.5. The second kappa shape index (κ2) is 10.1. The molecule has 1 N–H and O–H groups in total. The van der Waals surface area contributed by atoms with Crippen LogP contribution in [0.2, 0.25) is 5.02 Å². The molecule has 5 rings (SSSR count). The Morgan fingerprint density at radius 3 is 2.68 bits per heavy atom. The lowest BCUT2D eigenvalue weighted by atomic mass is 9.97. The summed E-state index contributed by atoms with van der Waals surface area (Å²) in [4.78, 5) is 22.8. The Balaban J connectivity index is 1.41. The van der Waals surface area contributed by atoms with E-state index in [0.717, 1.165) is 41.6 Å². The number of aromatic nitrogens is 2. The summed E-state index contributed by atoms with van der Waals surface area (Å²) in [6.07, 6.45) is 4.24. The van der Waals surface area contributed by atoms with E-state index in [4.69, 9.17) is 30.8 Å². The Bertz CT molecular complexity index is 1370. The average molecular weight is 497 g/mol. The van der Waals surface area contributed by atoms with Crippen molar-refractivity contribution in [3.8, 4) is 28.6 Å². The minimum atomic E-state index is -0.105. The zero-order valence-corrected chi connectivity index (χ0v) is 20.4. The molecule has 1 aliphatic carbocycles. The fraction of sp³-hybridized carbons (Fsp3) is 0.308. The van der Waals surface area contributed by atoms with Crippen molar-refractivity contribution in [1.29, 1.82) is 0 Å². The van der Waals surface area contributed by atoms with Crippen LogP contribution in [0.5, 0.6) is 17.2 Å². The number of fused-ring (bicyclic) bond motifs is 3. The van der Waals surface area contributed by atoms with Crippen LogP contribution in [0.3, 0.4) is 0 Å². The third-order valence-corrected chi connectivity index (χ3v) is 7.22. The summed E-state index contributed by atoms with van der Waals surface area (Å²) in [5.74, 6) is 2.19. The summed E-state index contributed by atoms with van der Waals surface area (Å²) < 4.78 is 17.4. The third kappa shape index (κ3) is 4.63. The molecule has 0 bridgehead atoms. The number of benzene rings is 2. The van der Waals surface area contributed by atoms with Gasteiger partial charge in [-0.3, -0.25) is 4.79 Å². The first-order valence-corrected chi connectivity index (χ1v) is 12.7. The Morgan fingerprint density at radius 2 is 1.85 bits per heavy atom. The molecule has 0 amide bonds. The molecule has 2 aromatic carbocycles. The van der Waals surface area contributed by atoms with Crippen molar-refractivity contribution in [2.75, 3.05) is 19.8 Å². The second-order valence-electron chi connectivity index (χ2n) is 8.03. The molecular formula is C26H25ClN2O4S. The van der Waals surface area contributed by atoms with Crippen LogP contribution in [0, 0.1) is 0 Å². The standard InChI is InChI=1S/C26H25ClN2O4S/c1-2-31-20-15-16(14-19(27)23(20)33-13-12-32-17-8-4-3-5-9-17)24-28-25(30)22-18-10-6-7-11-21(18)34-26(22)29-24/h3-5,8-9,14-15H,2,6-7,10-13H2,1H3,(H,28,29,30). The molecule has 0 saturated heterocycles. The average Bonchev–Trinajstić information content (AvgIpc) is 3.23. The van der Waals surface area contributed by atoms with E-state index in [0.29, 0.717) is 47.7 Å². The number of hydrogen-bond acceptors (Lipinski definition) is 6. The number of thiophene rings is 1. The number of nitrogens with zero attached hydrogens (tertiary/aromatic N) is 1. The van der Waals surface area contributed by atoms with E-state index in [9.17, 15) is 4.79 Å². The molecule has 6 nitrogen and oxygen atoms in total. The lowest BCUT2D eigenvalue weighted by Crippen LogP contribution is -2.12. The highest BCUT2D eigenvalue weighted by Gasteiger charge is 2.21. The molecule has 34 heavy (non-hydrogen) atoms. The highest BCUT2D eigenvalue weighted by Crippen LogP contribution is 2.40. The highest BCUT2D eigenvalue weighted by atomic mass is 35.5. The third-order valence-electron chi connectivity index (χ3n) is 5.75. The van der Waals surface area contributed by atoms with E-state index in [1.807, 2.05) is 37.3 Å². The van der Waals surface area contributed by atoms with Crippen LogP contribution in [0.15, 0.2) is 47.3 Å². The zero-order chi connectivity index (χ0) is 23.5. The first kappa shape index (κ1) is 22.7.